The molecule has 3 heterocycles. The number of carbonyl (C=O) groups is 1. The zero-order valence-electron chi connectivity index (χ0n) is 16.5. The standard InChI is InChI=1S/C20H18ClN7O3/c1-30-19-12(13-9-28(27-16(13)8-22)11-5-6-31-10-11)3-2-4-14(19)24-15-7-17(21)25-26-18(15)20(23)29/h2-4,7,9,11H,5-6,10H2,1H3,(H2,23,29)(H,24,25)/t11-/m1/s1. The second kappa shape index (κ2) is 8.59. The van der Waals surface area contributed by atoms with Crippen LogP contribution in [-0.4, -0.2) is 46.2 Å². The molecular weight excluding hydrogens is 422 g/mol. The molecule has 3 N–H and O–H groups in total. The molecule has 1 amide bonds. The minimum atomic E-state index is -0.756. The van der Waals surface area contributed by atoms with E-state index in [1.807, 2.05) is 12.3 Å². The zero-order valence-corrected chi connectivity index (χ0v) is 17.3. The van der Waals surface area contributed by atoms with Crippen molar-refractivity contribution in [1.29, 1.82) is 5.26 Å². The monoisotopic (exact) mass is 439 g/mol. The molecule has 1 atom stereocenters. The van der Waals surface area contributed by atoms with E-state index < -0.39 is 5.91 Å². The third kappa shape index (κ3) is 4.01. The third-order valence-electron chi connectivity index (χ3n) is 4.89. The summed E-state index contributed by atoms with van der Waals surface area (Å²) in [5.74, 6) is -0.307. The summed E-state index contributed by atoms with van der Waals surface area (Å²) in [6.45, 7) is 1.21. The minimum Gasteiger partial charge on any atom is -0.494 e. The third-order valence-corrected chi connectivity index (χ3v) is 5.08. The average Bonchev–Trinajstić information content (AvgIpc) is 3.43. The van der Waals surface area contributed by atoms with Crippen molar-refractivity contribution < 1.29 is 14.3 Å². The van der Waals surface area contributed by atoms with Gasteiger partial charge in [0.25, 0.3) is 5.91 Å². The van der Waals surface area contributed by atoms with Crippen LogP contribution in [0.1, 0.15) is 28.6 Å². The quantitative estimate of drug-likeness (QED) is 0.597. The fraction of sp³-hybridized carbons (Fsp3) is 0.250. The number of para-hydroxylation sites is 1. The molecule has 0 aliphatic carbocycles. The Morgan fingerprint density at radius 2 is 2.23 bits per heavy atom. The number of amides is 1. The zero-order chi connectivity index (χ0) is 22.0. The van der Waals surface area contributed by atoms with Crippen molar-refractivity contribution in [1.82, 2.24) is 20.0 Å². The van der Waals surface area contributed by atoms with E-state index in [0.29, 0.717) is 35.8 Å². The first-order valence-electron chi connectivity index (χ1n) is 9.36. The number of hydrogen-bond donors (Lipinski definition) is 2. The number of nitriles is 1. The molecule has 0 spiro atoms. The van der Waals surface area contributed by atoms with Crippen LogP contribution in [0.3, 0.4) is 0 Å². The molecule has 0 unspecified atom stereocenters. The van der Waals surface area contributed by atoms with E-state index in [-0.39, 0.29) is 28.3 Å². The highest BCUT2D eigenvalue weighted by Gasteiger charge is 2.23. The molecule has 2 aromatic heterocycles. The second-order valence-electron chi connectivity index (χ2n) is 6.81. The molecule has 0 saturated carbocycles. The number of rotatable bonds is 6. The molecule has 1 aromatic carbocycles. The van der Waals surface area contributed by atoms with Crippen molar-refractivity contribution in [3.05, 3.63) is 47.0 Å². The van der Waals surface area contributed by atoms with Gasteiger partial charge in [-0.25, -0.2) is 0 Å². The normalized spacial score (nSPS) is 15.5. The van der Waals surface area contributed by atoms with Gasteiger partial charge in [0.15, 0.2) is 16.5 Å². The summed E-state index contributed by atoms with van der Waals surface area (Å²) in [6, 6.07) is 9.03. The Morgan fingerprint density at radius 3 is 2.90 bits per heavy atom. The van der Waals surface area contributed by atoms with Crippen molar-refractivity contribution in [2.75, 3.05) is 25.6 Å². The van der Waals surface area contributed by atoms with E-state index in [1.165, 1.54) is 13.2 Å². The fourth-order valence-electron chi connectivity index (χ4n) is 3.45. The summed E-state index contributed by atoms with van der Waals surface area (Å²) in [5, 5.41) is 24.7. The summed E-state index contributed by atoms with van der Waals surface area (Å²) >= 11 is 5.94. The van der Waals surface area contributed by atoms with Crippen LogP contribution in [0, 0.1) is 11.3 Å². The Bertz CT molecular complexity index is 1180. The van der Waals surface area contributed by atoms with Gasteiger partial charge in [0, 0.05) is 30.0 Å². The van der Waals surface area contributed by atoms with Crippen molar-refractivity contribution in [2.45, 2.75) is 12.5 Å². The molecule has 1 aliphatic heterocycles. The number of hydrogen-bond acceptors (Lipinski definition) is 8. The van der Waals surface area contributed by atoms with Crippen LogP contribution < -0.4 is 15.8 Å². The van der Waals surface area contributed by atoms with Gasteiger partial charge in [-0.05, 0) is 12.5 Å². The van der Waals surface area contributed by atoms with E-state index in [4.69, 9.17) is 26.8 Å². The van der Waals surface area contributed by atoms with Crippen LogP contribution in [0.25, 0.3) is 11.1 Å². The lowest BCUT2D eigenvalue weighted by Gasteiger charge is -2.15. The predicted octanol–water partition coefficient (Wildman–Crippen LogP) is 2.68. The van der Waals surface area contributed by atoms with Gasteiger partial charge in [-0.3, -0.25) is 9.48 Å². The van der Waals surface area contributed by atoms with Crippen LogP contribution in [0.2, 0.25) is 5.15 Å². The molecular formula is C20H18ClN7O3. The number of anilines is 2. The van der Waals surface area contributed by atoms with E-state index in [9.17, 15) is 10.1 Å². The maximum absolute atomic E-state index is 11.7. The number of nitrogens with one attached hydrogen (secondary N) is 1. The average molecular weight is 440 g/mol. The number of benzene rings is 1. The molecule has 3 aromatic rings. The van der Waals surface area contributed by atoms with Crippen LogP contribution in [0.5, 0.6) is 5.75 Å². The molecule has 10 nitrogen and oxygen atoms in total. The molecule has 4 rings (SSSR count). The maximum atomic E-state index is 11.7. The summed E-state index contributed by atoms with van der Waals surface area (Å²) in [4.78, 5) is 11.7. The number of methoxy groups -OCH3 is 1. The van der Waals surface area contributed by atoms with E-state index >= 15 is 0 Å². The summed E-state index contributed by atoms with van der Waals surface area (Å²) in [6.07, 6.45) is 2.65. The van der Waals surface area contributed by atoms with Gasteiger partial charge in [0.1, 0.15) is 11.8 Å². The van der Waals surface area contributed by atoms with Gasteiger partial charge in [0.2, 0.25) is 0 Å². The highest BCUT2D eigenvalue weighted by atomic mass is 35.5. The lowest BCUT2D eigenvalue weighted by molar-refractivity contribution is 0.0995. The number of nitrogens with zero attached hydrogens (tertiary/aromatic N) is 5. The van der Waals surface area contributed by atoms with Gasteiger partial charge in [-0.1, -0.05) is 23.7 Å². The summed E-state index contributed by atoms with van der Waals surface area (Å²) in [7, 11) is 1.51. The van der Waals surface area contributed by atoms with Crippen LogP contribution in [0.4, 0.5) is 11.4 Å². The topological polar surface area (TPSA) is 141 Å². The number of aromatic nitrogens is 4. The Labute approximate surface area is 182 Å². The largest absolute Gasteiger partial charge is 0.494 e. The summed E-state index contributed by atoms with van der Waals surface area (Å²) < 4.78 is 12.8. The number of carbonyl (C=O) groups excluding carboxylic acids is 1. The van der Waals surface area contributed by atoms with Gasteiger partial charge in [-0.15, -0.1) is 10.2 Å². The lowest BCUT2D eigenvalue weighted by Crippen LogP contribution is -2.16. The van der Waals surface area contributed by atoms with Crippen molar-refractivity contribution in [2.24, 2.45) is 5.73 Å². The summed E-state index contributed by atoms with van der Waals surface area (Å²) in [5.41, 5.74) is 7.68. The van der Waals surface area contributed by atoms with Gasteiger partial charge in [0.05, 0.1) is 31.1 Å². The van der Waals surface area contributed by atoms with Gasteiger partial charge < -0.3 is 20.5 Å². The van der Waals surface area contributed by atoms with Gasteiger partial charge in [-0.2, -0.15) is 10.4 Å². The Balaban J connectivity index is 1.78. The molecule has 0 bridgehead atoms. The van der Waals surface area contributed by atoms with Crippen LogP contribution >= 0.6 is 11.6 Å². The number of primary amides is 1. The van der Waals surface area contributed by atoms with Crippen molar-refractivity contribution in [3.63, 3.8) is 0 Å². The fourth-order valence-corrected chi connectivity index (χ4v) is 3.59. The highest BCUT2D eigenvalue weighted by molar-refractivity contribution is 6.29. The second-order valence-corrected chi connectivity index (χ2v) is 7.19. The Morgan fingerprint density at radius 1 is 1.39 bits per heavy atom. The molecule has 0 radical (unpaired) electrons. The molecule has 31 heavy (non-hydrogen) atoms. The van der Waals surface area contributed by atoms with Crippen molar-refractivity contribution in [3.8, 4) is 22.9 Å². The Kier molecular flexibility index (Phi) is 5.70. The first kappa shape index (κ1) is 20.6. The smallest absolute Gasteiger partial charge is 0.271 e. The lowest BCUT2D eigenvalue weighted by atomic mass is 10.0. The maximum Gasteiger partial charge on any atom is 0.271 e. The van der Waals surface area contributed by atoms with Crippen LogP contribution in [0.15, 0.2) is 30.5 Å². The SMILES string of the molecule is COc1c(Nc2cc(Cl)nnc2C(N)=O)cccc1-c1cn([C@@H]2CCOC2)nc1C#N. The van der Waals surface area contributed by atoms with Gasteiger partial charge >= 0.3 is 0 Å². The first-order chi connectivity index (χ1) is 15.0. The molecule has 1 saturated heterocycles. The van der Waals surface area contributed by atoms with E-state index in [0.717, 1.165) is 6.42 Å². The van der Waals surface area contributed by atoms with Crippen molar-refractivity contribution >= 4 is 28.9 Å². The number of ether oxygens (including phenoxy) is 2. The molecule has 1 fully saturated rings. The van der Waals surface area contributed by atoms with E-state index in [2.05, 4.69) is 26.7 Å². The number of nitrogens with two attached hydrogens (primary N) is 1. The molecule has 11 heteroatoms. The van der Waals surface area contributed by atoms with E-state index in [1.54, 1.807) is 16.8 Å². The minimum absolute atomic E-state index is 0.0661. The first-order valence-corrected chi connectivity index (χ1v) is 9.74. The Hall–Kier alpha value is -3.68. The predicted molar refractivity (Wildman–Crippen MR) is 112 cm³/mol. The van der Waals surface area contributed by atoms with Crippen LogP contribution in [-0.2, 0) is 4.74 Å². The molecule has 158 valence electrons. The number of halogens is 1. The highest BCUT2D eigenvalue weighted by Crippen LogP contribution is 2.40. The molecule has 1 aliphatic rings.